The van der Waals surface area contributed by atoms with E-state index in [0.29, 0.717) is 40.6 Å². The standard InChI is InChI=1S/C21H21N7O/c1-3-28-21-17(12-24-28)20(25-13-6-4-7-14(10-13)29-2)26-19(27-21)15-8-5-9-18(23)16(15)11-22/h4-12,22H,3,23H2,1-2H3,(H,25,26,27). The Morgan fingerprint density at radius 2 is 2.03 bits per heavy atom. The lowest BCUT2D eigenvalue weighted by atomic mass is 10.1. The zero-order chi connectivity index (χ0) is 20.4. The minimum Gasteiger partial charge on any atom is -0.497 e. The van der Waals surface area contributed by atoms with Crippen molar-refractivity contribution in [3.63, 3.8) is 0 Å². The number of hydrogen-bond acceptors (Lipinski definition) is 7. The fraction of sp³-hybridized carbons (Fsp3) is 0.143. The molecule has 0 aliphatic rings. The van der Waals surface area contributed by atoms with E-state index in [9.17, 15) is 0 Å². The molecule has 0 radical (unpaired) electrons. The zero-order valence-corrected chi connectivity index (χ0v) is 16.2. The Hall–Kier alpha value is -3.94. The number of nitrogens with two attached hydrogens (primary N) is 1. The molecule has 8 nitrogen and oxygen atoms in total. The maximum absolute atomic E-state index is 7.76. The van der Waals surface area contributed by atoms with Gasteiger partial charge in [-0.2, -0.15) is 5.10 Å². The van der Waals surface area contributed by atoms with Crippen LogP contribution in [0, 0.1) is 5.41 Å². The molecule has 0 aliphatic heterocycles. The first-order chi connectivity index (χ1) is 14.1. The molecular weight excluding hydrogens is 366 g/mol. The molecule has 4 aromatic rings. The molecule has 0 saturated heterocycles. The van der Waals surface area contributed by atoms with Crippen LogP contribution < -0.4 is 15.8 Å². The molecule has 0 fully saturated rings. The van der Waals surface area contributed by atoms with Crippen molar-refractivity contribution in [3.05, 3.63) is 54.2 Å². The summed E-state index contributed by atoms with van der Waals surface area (Å²) in [5, 5.41) is 16.3. The number of aryl methyl sites for hydroxylation is 1. The maximum atomic E-state index is 7.76. The summed E-state index contributed by atoms with van der Waals surface area (Å²) in [6.07, 6.45) is 2.98. The average molecular weight is 387 g/mol. The van der Waals surface area contributed by atoms with Gasteiger partial charge in [0.2, 0.25) is 0 Å². The van der Waals surface area contributed by atoms with Gasteiger partial charge in [0.15, 0.2) is 11.5 Å². The highest BCUT2D eigenvalue weighted by atomic mass is 16.5. The van der Waals surface area contributed by atoms with E-state index in [4.69, 9.17) is 25.8 Å². The molecule has 0 aliphatic carbocycles. The topological polar surface area (TPSA) is 115 Å². The van der Waals surface area contributed by atoms with Gasteiger partial charge in [-0.15, -0.1) is 0 Å². The SMILES string of the molecule is CCn1ncc2c(Nc3cccc(OC)c3)nc(-c3cccc(N)c3C=N)nc21. The summed E-state index contributed by atoms with van der Waals surface area (Å²) in [5.41, 5.74) is 9.39. The van der Waals surface area contributed by atoms with Gasteiger partial charge in [0.1, 0.15) is 11.6 Å². The maximum Gasteiger partial charge on any atom is 0.164 e. The van der Waals surface area contributed by atoms with Gasteiger partial charge in [0, 0.05) is 41.3 Å². The van der Waals surface area contributed by atoms with Gasteiger partial charge in [-0.25, -0.2) is 14.6 Å². The van der Waals surface area contributed by atoms with Crippen molar-refractivity contribution in [3.8, 4) is 17.1 Å². The highest BCUT2D eigenvalue weighted by molar-refractivity contribution is 5.96. The van der Waals surface area contributed by atoms with Crippen molar-refractivity contribution < 1.29 is 4.74 Å². The number of nitrogen functional groups attached to an aromatic ring is 1. The number of fused-ring (bicyclic) bond motifs is 1. The Labute approximate surface area is 167 Å². The van der Waals surface area contributed by atoms with Crippen molar-refractivity contribution in [1.82, 2.24) is 19.7 Å². The van der Waals surface area contributed by atoms with Crippen molar-refractivity contribution in [2.45, 2.75) is 13.5 Å². The third-order valence-corrected chi connectivity index (χ3v) is 4.65. The predicted molar refractivity (Wildman–Crippen MR) is 115 cm³/mol. The molecule has 2 aromatic carbocycles. The minimum absolute atomic E-state index is 0.476. The van der Waals surface area contributed by atoms with Crippen LogP contribution in [0.4, 0.5) is 17.2 Å². The third kappa shape index (κ3) is 3.36. The molecule has 146 valence electrons. The van der Waals surface area contributed by atoms with Crippen LogP contribution in [0.1, 0.15) is 12.5 Å². The Morgan fingerprint density at radius 3 is 2.79 bits per heavy atom. The van der Waals surface area contributed by atoms with E-state index in [2.05, 4.69) is 10.4 Å². The molecule has 0 saturated carbocycles. The van der Waals surface area contributed by atoms with Gasteiger partial charge in [-0.05, 0) is 25.1 Å². The zero-order valence-electron chi connectivity index (χ0n) is 16.2. The van der Waals surface area contributed by atoms with E-state index in [1.54, 1.807) is 19.4 Å². The predicted octanol–water partition coefficient (Wildman–Crippen LogP) is 3.85. The van der Waals surface area contributed by atoms with E-state index in [0.717, 1.165) is 16.8 Å². The van der Waals surface area contributed by atoms with Crippen LogP contribution in [0.3, 0.4) is 0 Å². The van der Waals surface area contributed by atoms with Gasteiger partial charge in [-0.3, -0.25) is 0 Å². The summed E-state index contributed by atoms with van der Waals surface area (Å²) in [6, 6.07) is 13.1. The molecular formula is C21H21N7O. The number of benzene rings is 2. The monoisotopic (exact) mass is 387 g/mol. The fourth-order valence-corrected chi connectivity index (χ4v) is 3.18. The molecule has 0 bridgehead atoms. The van der Waals surface area contributed by atoms with Crippen LogP contribution in [0.2, 0.25) is 0 Å². The number of nitrogens with one attached hydrogen (secondary N) is 2. The number of ether oxygens (including phenoxy) is 1. The highest BCUT2D eigenvalue weighted by Crippen LogP contribution is 2.30. The highest BCUT2D eigenvalue weighted by Gasteiger charge is 2.16. The Bertz CT molecular complexity index is 1200. The molecule has 8 heteroatoms. The summed E-state index contributed by atoms with van der Waals surface area (Å²) in [7, 11) is 1.63. The first-order valence-corrected chi connectivity index (χ1v) is 9.18. The van der Waals surface area contributed by atoms with E-state index >= 15 is 0 Å². The average Bonchev–Trinajstić information content (AvgIpc) is 3.17. The first kappa shape index (κ1) is 18.4. The number of hydrogen-bond donors (Lipinski definition) is 3. The summed E-state index contributed by atoms with van der Waals surface area (Å²) < 4.78 is 7.12. The van der Waals surface area contributed by atoms with Crippen molar-refractivity contribution in [1.29, 1.82) is 5.41 Å². The summed E-state index contributed by atoms with van der Waals surface area (Å²) in [6.45, 7) is 2.68. The summed E-state index contributed by atoms with van der Waals surface area (Å²) in [4.78, 5) is 9.47. The lowest BCUT2D eigenvalue weighted by Gasteiger charge is -2.12. The quantitative estimate of drug-likeness (QED) is 0.342. The first-order valence-electron chi connectivity index (χ1n) is 9.18. The van der Waals surface area contributed by atoms with Crippen LogP contribution >= 0.6 is 0 Å². The second kappa shape index (κ2) is 7.59. The second-order valence-corrected chi connectivity index (χ2v) is 6.40. The molecule has 0 spiro atoms. The number of nitrogens with zero attached hydrogens (tertiary/aromatic N) is 4. The van der Waals surface area contributed by atoms with E-state index in [-0.39, 0.29) is 0 Å². The number of anilines is 3. The van der Waals surface area contributed by atoms with Crippen LogP contribution in [0.15, 0.2) is 48.7 Å². The van der Waals surface area contributed by atoms with E-state index < -0.39 is 0 Å². The lowest BCUT2D eigenvalue weighted by Crippen LogP contribution is -2.04. The van der Waals surface area contributed by atoms with Gasteiger partial charge < -0.3 is 21.2 Å². The van der Waals surface area contributed by atoms with Crippen LogP contribution in [-0.2, 0) is 6.54 Å². The Balaban J connectivity index is 1.91. The summed E-state index contributed by atoms with van der Waals surface area (Å²) in [5.74, 6) is 1.84. The fourth-order valence-electron chi connectivity index (χ4n) is 3.18. The molecule has 2 heterocycles. The molecule has 0 amide bonds. The Morgan fingerprint density at radius 1 is 1.21 bits per heavy atom. The normalized spacial score (nSPS) is 10.8. The smallest absolute Gasteiger partial charge is 0.164 e. The minimum atomic E-state index is 0.476. The second-order valence-electron chi connectivity index (χ2n) is 6.40. The Kier molecular flexibility index (Phi) is 4.82. The lowest BCUT2D eigenvalue weighted by molar-refractivity contribution is 0.415. The van der Waals surface area contributed by atoms with Crippen LogP contribution in [-0.4, -0.2) is 33.1 Å². The molecule has 4 N–H and O–H groups in total. The number of rotatable bonds is 6. The molecule has 0 atom stereocenters. The van der Waals surface area contributed by atoms with Gasteiger partial charge in [-0.1, -0.05) is 18.2 Å². The van der Waals surface area contributed by atoms with Gasteiger partial charge in [0.05, 0.1) is 18.7 Å². The third-order valence-electron chi connectivity index (χ3n) is 4.65. The van der Waals surface area contributed by atoms with E-state index in [1.165, 1.54) is 6.21 Å². The molecule has 29 heavy (non-hydrogen) atoms. The van der Waals surface area contributed by atoms with Crippen molar-refractivity contribution in [2.75, 3.05) is 18.2 Å². The number of methoxy groups -OCH3 is 1. The van der Waals surface area contributed by atoms with Crippen molar-refractivity contribution >= 4 is 34.4 Å². The molecule has 2 aromatic heterocycles. The number of aromatic nitrogens is 4. The molecule has 4 rings (SSSR count). The molecule has 0 unspecified atom stereocenters. The van der Waals surface area contributed by atoms with Crippen molar-refractivity contribution in [2.24, 2.45) is 0 Å². The van der Waals surface area contributed by atoms with Gasteiger partial charge >= 0.3 is 0 Å². The van der Waals surface area contributed by atoms with Crippen LogP contribution in [0.25, 0.3) is 22.4 Å². The summed E-state index contributed by atoms with van der Waals surface area (Å²) >= 11 is 0. The largest absolute Gasteiger partial charge is 0.497 e. The van der Waals surface area contributed by atoms with Gasteiger partial charge in [0.25, 0.3) is 0 Å². The van der Waals surface area contributed by atoms with Crippen LogP contribution in [0.5, 0.6) is 5.75 Å². The van der Waals surface area contributed by atoms with E-state index in [1.807, 2.05) is 48.0 Å².